The molecule has 0 N–H and O–H groups in total. The predicted octanol–water partition coefficient (Wildman–Crippen LogP) is 7.77. The molecule has 3 aromatic carbocycles. The summed E-state index contributed by atoms with van der Waals surface area (Å²) < 4.78 is 30.1. The molecule has 0 saturated heterocycles. The third-order valence-corrected chi connectivity index (χ3v) is 9.85. The van der Waals surface area contributed by atoms with Gasteiger partial charge in [0.25, 0.3) is 0 Å². The normalized spacial score (nSPS) is 11.9. The summed E-state index contributed by atoms with van der Waals surface area (Å²) in [5.74, 6) is 3.53. The third kappa shape index (κ3) is 5.52. The number of ether oxygens (including phenoxy) is 5. The SMILES string of the molecule is COc1cc(OC)c(-c2c(OC)ccc(OC)c2P(C(C)(C)C)C(C)(C)C)c(OC)c1-c1ccccc1. The summed E-state index contributed by atoms with van der Waals surface area (Å²) >= 11 is 0. The van der Waals surface area contributed by atoms with Crippen molar-refractivity contribution in [3.63, 3.8) is 0 Å². The van der Waals surface area contributed by atoms with Crippen LogP contribution in [0.1, 0.15) is 41.5 Å². The van der Waals surface area contributed by atoms with Crippen LogP contribution >= 0.6 is 7.92 Å². The quantitative estimate of drug-likeness (QED) is 0.282. The molecule has 0 spiro atoms. The highest BCUT2D eigenvalue weighted by atomic mass is 31.1. The van der Waals surface area contributed by atoms with E-state index >= 15 is 0 Å². The standard InChI is InChI=1S/C31H41O5P/c1-30(2,3)37(31(4,5)6)29-22(33-8)18-17-21(32-7)27(29)26-24(35-10)19-23(34-9)25(28(26)36-11)20-15-13-12-14-16-20/h12-19H,1-11H3. The van der Waals surface area contributed by atoms with E-state index in [1.807, 2.05) is 36.4 Å². The summed E-state index contributed by atoms with van der Waals surface area (Å²) in [7, 11) is 7.66. The summed E-state index contributed by atoms with van der Waals surface area (Å²) in [6, 6.07) is 16.0. The second kappa shape index (κ2) is 11.2. The van der Waals surface area contributed by atoms with Gasteiger partial charge in [0.15, 0.2) is 0 Å². The van der Waals surface area contributed by atoms with E-state index in [1.165, 1.54) is 0 Å². The lowest BCUT2D eigenvalue weighted by molar-refractivity contribution is 0.378. The van der Waals surface area contributed by atoms with Crippen LogP contribution in [-0.4, -0.2) is 45.9 Å². The van der Waals surface area contributed by atoms with Crippen molar-refractivity contribution in [2.24, 2.45) is 0 Å². The lowest BCUT2D eigenvalue weighted by Crippen LogP contribution is -2.33. The number of methoxy groups -OCH3 is 5. The zero-order valence-electron chi connectivity index (χ0n) is 24.1. The Labute approximate surface area is 223 Å². The van der Waals surface area contributed by atoms with Gasteiger partial charge >= 0.3 is 0 Å². The number of rotatable bonds is 8. The van der Waals surface area contributed by atoms with Gasteiger partial charge in [0, 0.05) is 16.9 Å². The first-order chi connectivity index (χ1) is 17.4. The van der Waals surface area contributed by atoms with Crippen molar-refractivity contribution in [1.82, 2.24) is 0 Å². The molecule has 0 bridgehead atoms. The van der Waals surface area contributed by atoms with E-state index in [4.69, 9.17) is 23.7 Å². The van der Waals surface area contributed by atoms with Gasteiger partial charge < -0.3 is 23.7 Å². The van der Waals surface area contributed by atoms with Crippen molar-refractivity contribution in [3.05, 3.63) is 48.5 Å². The van der Waals surface area contributed by atoms with Crippen molar-refractivity contribution in [3.8, 4) is 51.0 Å². The van der Waals surface area contributed by atoms with E-state index in [2.05, 4.69) is 53.7 Å². The van der Waals surface area contributed by atoms with Crippen molar-refractivity contribution in [1.29, 1.82) is 0 Å². The van der Waals surface area contributed by atoms with Gasteiger partial charge in [0.2, 0.25) is 0 Å². The Morgan fingerprint density at radius 2 is 1.00 bits per heavy atom. The molecule has 37 heavy (non-hydrogen) atoms. The Balaban J connectivity index is 2.63. The summed E-state index contributed by atoms with van der Waals surface area (Å²) in [6.45, 7) is 13.8. The second-order valence-corrected chi connectivity index (χ2v) is 14.6. The van der Waals surface area contributed by atoms with Gasteiger partial charge in [-0.2, -0.15) is 0 Å². The molecule has 3 rings (SSSR count). The molecule has 200 valence electrons. The van der Waals surface area contributed by atoms with Crippen LogP contribution in [0.3, 0.4) is 0 Å². The molecular weight excluding hydrogens is 483 g/mol. The molecule has 0 atom stereocenters. The highest BCUT2D eigenvalue weighted by molar-refractivity contribution is 7.69. The molecule has 0 aliphatic heterocycles. The molecule has 0 fully saturated rings. The zero-order chi connectivity index (χ0) is 27.5. The van der Waals surface area contributed by atoms with Gasteiger partial charge in [0.1, 0.15) is 28.7 Å². The first-order valence-electron chi connectivity index (χ1n) is 12.4. The van der Waals surface area contributed by atoms with E-state index in [0.717, 1.165) is 39.1 Å². The Morgan fingerprint density at radius 3 is 1.46 bits per heavy atom. The fraction of sp³-hybridized carbons (Fsp3) is 0.419. The third-order valence-electron chi connectivity index (χ3n) is 6.27. The largest absolute Gasteiger partial charge is 0.496 e. The highest BCUT2D eigenvalue weighted by Crippen LogP contribution is 2.63. The summed E-state index contributed by atoms with van der Waals surface area (Å²) in [6.07, 6.45) is 0. The summed E-state index contributed by atoms with van der Waals surface area (Å²) in [4.78, 5) is 0. The highest BCUT2D eigenvalue weighted by Gasteiger charge is 2.41. The zero-order valence-corrected chi connectivity index (χ0v) is 25.0. The van der Waals surface area contributed by atoms with Crippen LogP contribution in [0.4, 0.5) is 0 Å². The van der Waals surface area contributed by atoms with Crippen molar-refractivity contribution in [2.75, 3.05) is 35.5 Å². The lowest BCUT2D eigenvalue weighted by atomic mass is 9.94. The monoisotopic (exact) mass is 524 g/mol. The minimum Gasteiger partial charge on any atom is -0.496 e. The molecule has 0 amide bonds. The van der Waals surface area contributed by atoms with Gasteiger partial charge in [-0.3, -0.25) is 0 Å². The maximum Gasteiger partial charge on any atom is 0.142 e. The molecule has 0 aliphatic rings. The predicted molar refractivity (Wildman–Crippen MR) is 156 cm³/mol. The molecule has 0 radical (unpaired) electrons. The summed E-state index contributed by atoms with van der Waals surface area (Å²) in [5, 5.41) is 1.06. The lowest BCUT2D eigenvalue weighted by Gasteiger charge is -2.43. The average Bonchev–Trinajstić information content (AvgIpc) is 2.85. The maximum atomic E-state index is 6.20. The first-order valence-corrected chi connectivity index (χ1v) is 13.7. The van der Waals surface area contributed by atoms with Gasteiger partial charge in [-0.15, -0.1) is 0 Å². The topological polar surface area (TPSA) is 46.2 Å². The molecule has 3 aromatic rings. The van der Waals surface area contributed by atoms with Crippen molar-refractivity contribution < 1.29 is 23.7 Å². The Morgan fingerprint density at radius 1 is 0.514 bits per heavy atom. The van der Waals surface area contributed by atoms with Crippen LogP contribution < -0.4 is 29.0 Å². The van der Waals surface area contributed by atoms with E-state index in [0.29, 0.717) is 17.2 Å². The van der Waals surface area contributed by atoms with Crippen LogP contribution in [0.5, 0.6) is 28.7 Å². The fourth-order valence-electron chi connectivity index (χ4n) is 5.28. The average molecular weight is 525 g/mol. The van der Waals surface area contributed by atoms with Crippen LogP contribution in [0, 0.1) is 0 Å². The Hall–Kier alpha value is -2.91. The Bertz CT molecular complexity index is 1210. The van der Waals surface area contributed by atoms with Crippen LogP contribution in [0.25, 0.3) is 22.3 Å². The molecule has 6 heteroatoms. The van der Waals surface area contributed by atoms with Gasteiger partial charge in [-0.1, -0.05) is 79.8 Å². The van der Waals surface area contributed by atoms with Crippen molar-refractivity contribution >= 4 is 13.2 Å². The molecule has 0 heterocycles. The Kier molecular flexibility index (Phi) is 8.70. The molecule has 0 aromatic heterocycles. The van der Waals surface area contributed by atoms with E-state index in [-0.39, 0.29) is 10.3 Å². The van der Waals surface area contributed by atoms with Crippen LogP contribution in [-0.2, 0) is 0 Å². The van der Waals surface area contributed by atoms with E-state index in [1.54, 1.807) is 35.5 Å². The number of hydrogen-bond donors (Lipinski definition) is 0. The molecule has 0 unspecified atom stereocenters. The smallest absolute Gasteiger partial charge is 0.142 e. The van der Waals surface area contributed by atoms with Gasteiger partial charge in [0.05, 0.1) is 46.7 Å². The maximum absolute atomic E-state index is 6.20. The minimum absolute atomic E-state index is 0.0306. The van der Waals surface area contributed by atoms with Gasteiger partial charge in [-0.25, -0.2) is 0 Å². The molecule has 0 saturated carbocycles. The van der Waals surface area contributed by atoms with E-state index < -0.39 is 7.92 Å². The molecular formula is C31H41O5P. The molecule has 5 nitrogen and oxygen atoms in total. The van der Waals surface area contributed by atoms with E-state index in [9.17, 15) is 0 Å². The van der Waals surface area contributed by atoms with Crippen LogP contribution in [0.2, 0.25) is 0 Å². The van der Waals surface area contributed by atoms with Crippen molar-refractivity contribution in [2.45, 2.75) is 51.9 Å². The fourth-order valence-corrected chi connectivity index (χ4v) is 9.47. The van der Waals surface area contributed by atoms with Crippen LogP contribution in [0.15, 0.2) is 48.5 Å². The molecule has 0 aliphatic carbocycles. The number of hydrogen-bond acceptors (Lipinski definition) is 5. The summed E-state index contributed by atoms with van der Waals surface area (Å²) in [5.41, 5.74) is 3.58. The number of benzene rings is 3. The van der Waals surface area contributed by atoms with Gasteiger partial charge in [-0.05, 0) is 28.0 Å². The minimum atomic E-state index is -0.788. The second-order valence-electron chi connectivity index (χ2n) is 10.8. The first kappa shape index (κ1) is 28.7.